The summed E-state index contributed by atoms with van der Waals surface area (Å²) in [5.41, 5.74) is 2.67. The molecule has 2 rings (SSSR count). The van der Waals surface area contributed by atoms with E-state index in [9.17, 15) is 4.79 Å². The van der Waals surface area contributed by atoms with Crippen LogP contribution in [0.2, 0.25) is 0 Å². The first-order valence-corrected chi connectivity index (χ1v) is 6.75. The number of hydrogen-bond donors (Lipinski definition) is 2. The van der Waals surface area contributed by atoms with Crippen molar-refractivity contribution in [3.05, 3.63) is 41.6 Å². The first-order valence-electron chi connectivity index (χ1n) is 6.75. The lowest BCUT2D eigenvalue weighted by Gasteiger charge is -2.10. The normalized spacial score (nSPS) is 10.3. The second-order valence-corrected chi connectivity index (χ2v) is 4.75. The molecule has 2 N–H and O–H groups in total. The van der Waals surface area contributed by atoms with E-state index < -0.39 is 0 Å². The number of carbonyl (C=O) groups is 1. The Morgan fingerprint density at radius 2 is 2.15 bits per heavy atom. The number of rotatable bonds is 5. The van der Waals surface area contributed by atoms with Crippen LogP contribution in [0, 0.1) is 6.92 Å². The number of anilines is 2. The molecular formula is C15H20N4O. The molecule has 1 aromatic heterocycles. The third-order valence-corrected chi connectivity index (χ3v) is 3.11. The van der Waals surface area contributed by atoms with Crippen molar-refractivity contribution < 1.29 is 4.79 Å². The minimum atomic E-state index is -0.117. The summed E-state index contributed by atoms with van der Waals surface area (Å²) in [6.07, 6.45) is 2.72. The number of hydrogen-bond acceptors (Lipinski definition) is 3. The highest BCUT2D eigenvalue weighted by molar-refractivity contribution is 6.05. The molecule has 5 heteroatoms. The van der Waals surface area contributed by atoms with Gasteiger partial charge in [-0.2, -0.15) is 5.10 Å². The van der Waals surface area contributed by atoms with Gasteiger partial charge in [0.05, 0.1) is 6.20 Å². The van der Waals surface area contributed by atoms with Gasteiger partial charge in [-0.3, -0.25) is 9.48 Å². The average Bonchev–Trinajstić information content (AvgIpc) is 2.82. The zero-order valence-corrected chi connectivity index (χ0v) is 12.1. The molecule has 0 aliphatic rings. The van der Waals surface area contributed by atoms with E-state index in [0.717, 1.165) is 24.2 Å². The predicted octanol–water partition coefficient (Wildman–Crippen LogP) is 2.80. The van der Waals surface area contributed by atoms with E-state index >= 15 is 0 Å². The van der Waals surface area contributed by atoms with E-state index in [2.05, 4.69) is 22.7 Å². The van der Waals surface area contributed by atoms with Gasteiger partial charge in [0.2, 0.25) is 0 Å². The molecule has 0 atom stereocenters. The Hall–Kier alpha value is -2.30. The first kappa shape index (κ1) is 14.1. The molecule has 0 spiro atoms. The van der Waals surface area contributed by atoms with Gasteiger partial charge < -0.3 is 10.6 Å². The van der Waals surface area contributed by atoms with E-state index in [1.54, 1.807) is 24.0 Å². The molecule has 20 heavy (non-hydrogen) atoms. The SMILES string of the molecule is CCCNc1ccc(C(=O)Nc2ccnn2C)c(C)c1. The summed E-state index contributed by atoms with van der Waals surface area (Å²) >= 11 is 0. The lowest BCUT2D eigenvalue weighted by molar-refractivity contribution is 0.102. The minimum absolute atomic E-state index is 0.117. The molecule has 0 unspecified atom stereocenters. The lowest BCUT2D eigenvalue weighted by Crippen LogP contribution is -2.16. The molecule has 1 aromatic carbocycles. The topological polar surface area (TPSA) is 59.0 Å². The monoisotopic (exact) mass is 272 g/mol. The lowest BCUT2D eigenvalue weighted by atomic mass is 10.1. The van der Waals surface area contributed by atoms with Crippen molar-refractivity contribution in [3.8, 4) is 0 Å². The van der Waals surface area contributed by atoms with Gasteiger partial charge >= 0.3 is 0 Å². The fraction of sp³-hybridized carbons (Fsp3) is 0.333. The second-order valence-electron chi connectivity index (χ2n) is 4.75. The van der Waals surface area contributed by atoms with Gasteiger partial charge in [0.15, 0.2) is 0 Å². The van der Waals surface area contributed by atoms with Crippen LogP contribution in [0.5, 0.6) is 0 Å². The van der Waals surface area contributed by atoms with Gasteiger partial charge in [0.1, 0.15) is 5.82 Å². The fourth-order valence-corrected chi connectivity index (χ4v) is 1.98. The Morgan fingerprint density at radius 1 is 1.35 bits per heavy atom. The van der Waals surface area contributed by atoms with Crippen LogP contribution in [0.4, 0.5) is 11.5 Å². The van der Waals surface area contributed by atoms with Crippen molar-refractivity contribution in [2.75, 3.05) is 17.2 Å². The maximum absolute atomic E-state index is 12.2. The molecule has 0 aliphatic carbocycles. The Kier molecular flexibility index (Phi) is 4.40. The standard InChI is InChI=1S/C15H20N4O/c1-4-8-16-12-5-6-13(11(2)10-12)15(20)18-14-7-9-17-19(14)3/h5-7,9-10,16H,4,8H2,1-3H3,(H,18,20). The van der Waals surface area contributed by atoms with Crippen molar-refractivity contribution in [2.24, 2.45) is 7.05 Å². The molecule has 0 bridgehead atoms. The van der Waals surface area contributed by atoms with Crippen molar-refractivity contribution in [3.63, 3.8) is 0 Å². The number of nitrogens with one attached hydrogen (secondary N) is 2. The van der Waals surface area contributed by atoms with Gasteiger partial charge in [-0.15, -0.1) is 0 Å². The minimum Gasteiger partial charge on any atom is -0.385 e. The van der Waals surface area contributed by atoms with Crippen molar-refractivity contribution >= 4 is 17.4 Å². The average molecular weight is 272 g/mol. The van der Waals surface area contributed by atoms with Crippen molar-refractivity contribution in [2.45, 2.75) is 20.3 Å². The van der Waals surface area contributed by atoms with E-state index in [0.29, 0.717) is 11.4 Å². The van der Waals surface area contributed by atoms with Crippen LogP contribution in [0.1, 0.15) is 29.3 Å². The third-order valence-electron chi connectivity index (χ3n) is 3.11. The van der Waals surface area contributed by atoms with Gasteiger partial charge in [-0.1, -0.05) is 6.92 Å². The molecule has 0 aliphatic heterocycles. The van der Waals surface area contributed by atoms with Gasteiger partial charge in [0.25, 0.3) is 5.91 Å². The van der Waals surface area contributed by atoms with Crippen molar-refractivity contribution in [1.29, 1.82) is 0 Å². The summed E-state index contributed by atoms with van der Waals surface area (Å²) in [7, 11) is 1.79. The molecule has 1 heterocycles. The highest BCUT2D eigenvalue weighted by atomic mass is 16.1. The Balaban J connectivity index is 2.12. The van der Waals surface area contributed by atoms with Gasteiger partial charge in [-0.25, -0.2) is 0 Å². The number of carbonyl (C=O) groups excluding carboxylic acids is 1. The van der Waals surface area contributed by atoms with Gasteiger partial charge in [-0.05, 0) is 37.1 Å². The number of nitrogens with zero attached hydrogens (tertiary/aromatic N) is 2. The van der Waals surface area contributed by atoms with Crippen LogP contribution < -0.4 is 10.6 Å². The summed E-state index contributed by atoms with van der Waals surface area (Å²) in [5.74, 6) is 0.565. The maximum atomic E-state index is 12.2. The largest absolute Gasteiger partial charge is 0.385 e. The molecule has 2 aromatic rings. The smallest absolute Gasteiger partial charge is 0.257 e. The second kappa shape index (κ2) is 6.23. The van der Waals surface area contributed by atoms with Crippen LogP contribution in [-0.2, 0) is 7.05 Å². The van der Waals surface area contributed by atoms with Gasteiger partial charge in [0, 0.05) is 30.9 Å². The molecule has 5 nitrogen and oxygen atoms in total. The highest BCUT2D eigenvalue weighted by Gasteiger charge is 2.11. The number of amides is 1. The van der Waals surface area contributed by atoms with Crippen LogP contribution in [-0.4, -0.2) is 22.2 Å². The van der Waals surface area contributed by atoms with E-state index in [1.807, 2.05) is 25.1 Å². The van der Waals surface area contributed by atoms with Crippen LogP contribution in [0.15, 0.2) is 30.5 Å². The highest BCUT2D eigenvalue weighted by Crippen LogP contribution is 2.17. The van der Waals surface area contributed by atoms with Crippen LogP contribution >= 0.6 is 0 Å². The predicted molar refractivity (Wildman–Crippen MR) is 81.1 cm³/mol. The Labute approximate surface area is 119 Å². The van der Waals surface area contributed by atoms with Crippen LogP contribution in [0.25, 0.3) is 0 Å². The summed E-state index contributed by atoms with van der Waals surface area (Å²) in [6.45, 7) is 4.99. The summed E-state index contributed by atoms with van der Waals surface area (Å²) in [6, 6.07) is 7.54. The quantitative estimate of drug-likeness (QED) is 0.880. The molecular weight excluding hydrogens is 252 g/mol. The van der Waals surface area contributed by atoms with E-state index in [4.69, 9.17) is 0 Å². The molecule has 0 radical (unpaired) electrons. The maximum Gasteiger partial charge on any atom is 0.257 e. The molecule has 106 valence electrons. The zero-order valence-electron chi connectivity index (χ0n) is 12.1. The Bertz CT molecular complexity index is 604. The van der Waals surface area contributed by atoms with Crippen molar-refractivity contribution in [1.82, 2.24) is 9.78 Å². The molecule has 0 saturated heterocycles. The van der Waals surface area contributed by atoms with Crippen LogP contribution in [0.3, 0.4) is 0 Å². The number of aromatic nitrogens is 2. The zero-order chi connectivity index (χ0) is 14.5. The number of benzene rings is 1. The molecule has 1 amide bonds. The summed E-state index contributed by atoms with van der Waals surface area (Å²) in [5, 5.41) is 10.2. The molecule has 0 fully saturated rings. The summed E-state index contributed by atoms with van der Waals surface area (Å²) < 4.78 is 1.63. The fourth-order valence-electron chi connectivity index (χ4n) is 1.98. The third kappa shape index (κ3) is 3.17. The summed E-state index contributed by atoms with van der Waals surface area (Å²) in [4.78, 5) is 12.2. The van der Waals surface area contributed by atoms with E-state index in [-0.39, 0.29) is 5.91 Å². The number of aryl methyl sites for hydroxylation is 2. The Morgan fingerprint density at radius 3 is 2.75 bits per heavy atom. The first-order chi connectivity index (χ1) is 9.61. The van der Waals surface area contributed by atoms with E-state index in [1.165, 1.54) is 0 Å². The molecule has 0 saturated carbocycles.